The molecule has 3 aliphatic heterocycles. The van der Waals surface area contributed by atoms with Crippen LogP contribution in [0.5, 0.6) is 0 Å². The van der Waals surface area contributed by atoms with E-state index < -0.39 is 17.9 Å². The number of aromatic nitrogens is 4. The normalized spacial score (nSPS) is 25.1. The van der Waals surface area contributed by atoms with Crippen molar-refractivity contribution in [1.29, 1.82) is 0 Å². The number of rotatable bonds is 7. The molecule has 12 nitrogen and oxygen atoms in total. The second-order valence-corrected chi connectivity index (χ2v) is 7.48. The molecule has 3 aliphatic rings. The number of β-lactam (4-membered cyclic amide) rings is 1. The van der Waals surface area contributed by atoms with Crippen molar-refractivity contribution in [2.24, 2.45) is 11.7 Å². The van der Waals surface area contributed by atoms with Crippen molar-refractivity contribution >= 4 is 36.0 Å². The predicted octanol–water partition coefficient (Wildman–Crippen LogP) is -5.22. The van der Waals surface area contributed by atoms with Gasteiger partial charge in [-0.15, -0.1) is 5.10 Å². The summed E-state index contributed by atoms with van der Waals surface area (Å²) in [7, 11) is 0. The van der Waals surface area contributed by atoms with Crippen molar-refractivity contribution in [1.82, 2.24) is 30.0 Å². The maximum absolute atomic E-state index is 12.4. The van der Waals surface area contributed by atoms with Crippen LogP contribution >= 0.6 is 11.8 Å². The van der Waals surface area contributed by atoms with Crippen LogP contribution in [-0.4, -0.2) is 83.7 Å². The monoisotopic (exact) mass is 417 g/mol. The van der Waals surface area contributed by atoms with E-state index in [2.05, 4.69) is 15.5 Å². The van der Waals surface area contributed by atoms with Crippen molar-refractivity contribution < 1.29 is 55.3 Å². The number of hydrogen-bond acceptors (Lipinski definition) is 8. The zero-order valence-electron chi connectivity index (χ0n) is 15.9. The molecule has 0 unspecified atom stereocenters. The molecule has 2 fully saturated rings. The smallest absolute Gasteiger partial charge is 1.00 e. The Labute approximate surface area is 186 Å². The Hall–Kier alpha value is -1.96. The molecule has 3 atom stereocenters. The van der Waals surface area contributed by atoms with Crippen LogP contribution in [0.2, 0.25) is 0 Å². The second kappa shape index (κ2) is 7.81. The molecular weight excluding hydrogens is 401 g/mol. The van der Waals surface area contributed by atoms with Crippen LogP contribution in [0.25, 0.3) is 0 Å². The Morgan fingerprint density at radius 3 is 2.82 bits per heavy atom. The Balaban J connectivity index is 0.00000150. The van der Waals surface area contributed by atoms with E-state index in [4.69, 9.17) is 5.73 Å². The number of primary amides is 1. The van der Waals surface area contributed by atoms with E-state index in [0.29, 0.717) is 30.1 Å². The zero-order chi connectivity index (χ0) is 19.3. The van der Waals surface area contributed by atoms with Crippen molar-refractivity contribution in [3.05, 3.63) is 11.3 Å². The number of likely N-dealkylation sites (tertiary alicyclic amines) is 1. The van der Waals surface area contributed by atoms with E-state index in [1.54, 1.807) is 0 Å². The fraction of sp³-hybridized carbons (Fsp3) is 0.500. The summed E-state index contributed by atoms with van der Waals surface area (Å²) in [5.74, 6) is -1.92. The molecule has 4 rings (SSSR count). The number of carboxylic acid groups (broad SMARTS) is 1. The molecule has 0 spiro atoms. The predicted molar refractivity (Wildman–Crippen MR) is 88.8 cm³/mol. The number of thioether (sulfide) groups is 1. The molecule has 2 saturated heterocycles. The van der Waals surface area contributed by atoms with Gasteiger partial charge in [0.25, 0.3) is 5.91 Å². The van der Waals surface area contributed by atoms with Crippen LogP contribution in [0.4, 0.5) is 0 Å². The molecule has 28 heavy (non-hydrogen) atoms. The van der Waals surface area contributed by atoms with E-state index in [9.17, 15) is 24.3 Å². The number of nitrogens with zero attached hydrogens (tertiary/aromatic N) is 6. The summed E-state index contributed by atoms with van der Waals surface area (Å²) in [6, 6.07) is -0.832. The van der Waals surface area contributed by atoms with Gasteiger partial charge in [0, 0.05) is 18.2 Å². The molecule has 0 bridgehead atoms. The summed E-state index contributed by atoms with van der Waals surface area (Å²) >= 11 is 1.16. The Morgan fingerprint density at radius 2 is 2.18 bits per heavy atom. The molecule has 0 aliphatic carbocycles. The number of nitrogens with two attached hydrogens (primary N) is 1. The van der Waals surface area contributed by atoms with Gasteiger partial charge in [-0.25, -0.2) is 9.48 Å². The number of tetrazole rings is 1. The first-order chi connectivity index (χ1) is 12.9. The van der Waals surface area contributed by atoms with Crippen molar-refractivity contribution in [2.45, 2.75) is 30.2 Å². The Morgan fingerprint density at radius 1 is 1.43 bits per heavy atom. The third-order valence-electron chi connectivity index (χ3n) is 5.00. The third-order valence-corrected chi connectivity index (χ3v) is 6.04. The summed E-state index contributed by atoms with van der Waals surface area (Å²) in [6.45, 7) is 0.229. The van der Waals surface area contributed by atoms with Crippen LogP contribution in [0.15, 0.2) is 16.4 Å². The topological polar surface area (TPSA) is 165 Å². The summed E-state index contributed by atoms with van der Waals surface area (Å²) in [6.07, 6.45) is 1.10. The van der Waals surface area contributed by atoms with Crippen LogP contribution in [-0.2, 0) is 25.7 Å². The fourth-order valence-electron chi connectivity index (χ4n) is 4.01. The first-order valence-electron chi connectivity index (χ1n) is 8.09. The summed E-state index contributed by atoms with van der Waals surface area (Å²) in [5, 5.41) is 20.9. The minimum atomic E-state index is -1.18. The molecule has 14 heteroatoms. The molecule has 3 amide bonds. The van der Waals surface area contributed by atoms with E-state index in [0.717, 1.165) is 11.8 Å². The molecular formula is C14H16N7NaO5S. The van der Waals surface area contributed by atoms with Gasteiger partial charge >= 0.3 is 35.5 Å². The van der Waals surface area contributed by atoms with Gasteiger partial charge in [0.15, 0.2) is 0 Å². The quantitative estimate of drug-likeness (QED) is 0.191. The fourth-order valence-corrected chi connectivity index (χ4v) is 4.91. The molecule has 0 aromatic carbocycles. The maximum atomic E-state index is 12.4. The van der Waals surface area contributed by atoms with Crippen LogP contribution < -0.4 is 35.3 Å². The summed E-state index contributed by atoms with van der Waals surface area (Å²) in [5.41, 5.74) is 5.68. The number of carbonyl (C=O) groups excluding carboxylic acids is 3. The van der Waals surface area contributed by atoms with Gasteiger partial charge < -0.3 is 17.2 Å². The average Bonchev–Trinajstić information content (AvgIpc) is 3.19. The first kappa shape index (κ1) is 20.8. The average molecular weight is 417 g/mol. The number of hydrogen-bond donors (Lipinski definition) is 2. The van der Waals surface area contributed by atoms with Crippen LogP contribution in [0.3, 0.4) is 0 Å². The minimum absolute atomic E-state index is 0. The van der Waals surface area contributed by atoms with Crippen LogP contribution in [0, 0.1) is 5.92 Å². The van der Waals surface area contributed by atoms with Crippen LogP contribution in [0.1, 0.15) is 7.85 Å². The van der Waals surface area contributed by atoms with Gasteiger partial charge in [-0.3, -0.25) is 19.3 Å². The van der Waals surface area contributed by atoms with Gasteiger partial charge in [-0.1, -0.05) is 11.8 Å². The molecule has 1 aromatic rings. The van der Waals surface area contributed by atoms with Gasteiger partial charge in [-0.2, -0.15) is 0 Å². The molecule has 3 N–H and O–H groups in total. The van der Waals surface area contributed by atoms with Gasteiger partial charge in [0.2, 0.25) is 17.5 Å². The van der Waals surface area contributed by atoms with Gasteiger partial charge in [0.1, 0.15) is 18.3 Å². The zero-order valence-corrected chi connectivity index (χ0v) is 17.7. The van der Waals surface area contributed by atoms with E-state index in [-0.39, 0.29) is 66.8 Å². The maximum Gasteiger partial charge on any atom is 1.00 e. The second-order valence-electron chi connectivity index (χ2n) is 6.54. The first-order valence-corrected chi connectivity index (χ1v) is 9.07. The third kappa shape index (κ3) is 3.21. The Bertz CT molecular complexity index is 895. The minimum Gasteiger partial charge on any atom is -1.00 e. The molecule has 144 valence electrons. The molecule has 1 aromatic heterocycles. The van der Waals surface area contributed by atoms with E-state index in [1.807, 2.05) is 0 Å². The molecule has 4 heterocycles. The molecule has 0 radical (unpaired) electrons. The van der Waals surface area contributed by atoms with E-state index >= 15 is 0 Å². The number of carboxylic acids is 1. The summed E-state index contributed by atoms with van der Waals surface area (Å²) in [4.78, 5) is 49.2. The van der Waals surface area contributed by atoms with Gasteiger partial charge in [-0.05, 0) is 22.4 Å². The molecule has 0 saturated carbocycles. The SMILES string of the molecule is NC(=O)Cn1nnnc1SCC1=C(C(=O)O)N2C(=O)[C@@H]3[C@H]2[C@H](C1)CN3C=O.[H-].[Na+]. The Kier molecular flexibility index (Phi) is 5.79. The van der Waals surface area contributed by atoms with E-state index in [1.165, 1.54) is 14.5 Å². The van der Waals surface area contributed by atoms with Crippen molar-refractivity contribution in [3.63, 3.8) is 0 Å². The van der Waals surface area contributed by atoms with Crippen molar-refractivity contribution in [3.8, 4) is 0 Å². The van der Waals surface area contributed by atoms with Gasteiger partial charge in [0.05, 0.1) is 6.04 Å². The van der Waals surface area contributed by atoms with Crippen molar-refractivity contribution in [2.75, 3.05) is 12.3 Å². The number of aliphatic carboxylic acids is 1. The number of carbonyl (C=O) groups is 4. The largest absolute Gasteiger partial charge is 1.00 e. The summed E-state index contributed by atoms with van der Waals surface area (Å²) < 4.78 is 1.23. The number of amides is 3. The standard InChI is InChI=1S/C14H15N7O5S.Na.H/c15-8(23)3-20-14(16-17-18-20)27-4-7-1-6-2-19(5-22)11-9(6)21(12(11)24)10(7)13(25)26;;/h5-6,9,11H,1-4H2,(H2,15,23)(H,25,26);;/q;+1;-1/t6-,9-,11+;;/m1../s1.